The molecule has 0 aromatic rings. The summed E-state index contributed by atoms with van der Waals surface area (Å²) in [7, 11) is -3.07. The molecule has 0 N–H and O–H groups in total. The van der Waals surface area contributed by atoms with E-state index in [1.807, 2.05) is 0 Å². The zero-order valence-electron chi connectivity index (χ0n) is 18.1. The maximum atomic E-state index is 6.52. The van der Waals surface area contributed by atoms with Gasteiger partial charge in [0.15, 0.2) is 0 Å². The highest BCUT2D eigenvalue weighted by molar-refractivity contribution is 8.02. The number of unbranched alkanes of at least 4 members (excludes halogenated alkanes) is 4. The van der Waals surface area contributed by atoms with Crippen molar-refractivity contribution >= 4 is 28.4 Å². The van der Waals surface area contributed by atoms with Gasteiger partial charge < -0.3 is 8.85 Å². The van der Waals surface area contributed by atoms with E-state index in [9.17, 15) is 0 Å². The van der Waals surface area contributed by atoms with Gasteiger partial charge in [-0.1, -0.05) is 67.2 Å². The third-order valence-electron chi connectivity index (χ3n) is 5.62. The lowest BCUT2D eigenvalue weighted by Crippen LogP contribution is -2.44. The molecule has 0 heterocycles. The molecule has 0 amide bonds. The molecule has 0 fully saturated rings. The first-order valence-corrected chi connectivity index (χ1v) is 17.1. The molecule has 0 rings (SSSR count). The maximum Gasteiger partial charge on any atom is 0.201 e. The van der Waals surface area contributed by atoms with Crippen LogP contribution in [0.4, 0.5) is 0 Å². The van der Waals surface area contributed by atoms with Crippen molar-refractivity contribution < 1.29 is 8.85 Å². The lowest BCUT2D eigenvalue weighted by Gasteiger charge is -2.33. The van der Waals surface area contributed by atoms with Gasteiger partial charge in [0.1, 0.15) is 0 Å². The Balaban J connectivity index is 4.47. The molecule has 5 heteroatoms. The summed E-state index contributed by atoms with van der Waals surface area (Å²) in [6, 6.07) is 5.03. The molecule has 0 radical (unpaired) electrons. The number of thioether (sulfide) groups is 1. The molecule has 0 aliphatic rings. The highest BCUT2D eigenvalue weighted by Crippen LogP contribution is 2.28. The molecule has 0 aromatic heterocycles. The molecule has 152 valence electrons. The van der Waals surface area contributed by atoms with E-state index in [1.54, 1.807) is 0 Å². The van der Waals surface area contributed by atoms with Crippen LogP contribution in [0, 0.1) is 0 Å². The van der Waals surface area contributed by atoms with E-state index >= 15 is 0 Å². The SMILES string of the molecule is CCCCCO[Si](CC)(CC)CSC[Si](CC)(CC)OCCCCC. The summed E-state index contributed by atoms with van der Waals surface area (Å²) in [4.78, 5) is 0. The molecule has 0 atom stereocenters. The summed E-state index contributed by atoms with van der Waals surface area (Å²) in [6.07, 6.45) is 7.64. The van der Waals surface area contributed by atoms with Gasteiger partial charge in [0, 0.05) is 24.0 Å². The molecule has 0 aromatic carbocycles. The summed E-state index contributed by atoms with van der Waals surface area (Å²) in [5, 5.41) is 2.53. The highest BCUT2D eigenvalue weighted by atomic mass is 32.2. The third kappa shape index (κ3) is 10.6. The fourth-order valence-corrected chi connectivity index (χ4v) is 14.3. The summed E-state index contributed by atoms with van der Waals surface area (Å²) in [6.45, 7) is 15.9. The quantitative estimate of drug-likeness (QED) is 0.177. The molecule has 0 spiro atoms. The first kappa shape index (κ1) is 25.7. The van der Waals surface area contributed by atoms with E-state index in [0.717, 1.165) is 13.2 Å². The molecule has 0 saturated carbocycles. The average Bonchev–Trinajstić information content (AvgIpc) is 2.66. The Hall–Kier alpha value is 0.704. The largest absolute Gasteiger partial charge is 0.416 e. The van der Waals surface area contributed by atoms with E-state index in [1.165, 1.54) is 73.5 Å². The number of hydrogen-bond donors (Lipinski definition) is 0. The number of rotatable bonds is 18. The van der Waals surface area contributed by atoms with Crippen LogP contribution in [0.2, 0.25) is 24.2 Å². The Morgan fingerprint density at radius 2 is 0.920 bits per heavy atom. The summed E-state index contributed by atoms with van der Waals surface area (Å²) >= 11 is 2.17. The van der Waals surface area contributed by atoms with Gasteiger partial charge in [0.25, 0.3) is 0 Å². The minimum Gasteiger partial charge on any atom is -0.416 e. The van der Waals surface area contributed by atoms with Gasteiger partial charge in [0.2, 0.25) is 16.6 Å². The second-order valence-corrected chi connectivity index (χ2v) is 18.2. The molecular weight excluding hydrogens is 360 g/mol. The molecule has 2 nitrogen and oxygen atoms in total. The maximum absolute atomic E-state index is 6.52. The van der Waals surface area contributed by atoms with E-state index in [-0.39, 0.29) is 0 Å². The second kappa shape index (κ2) is 15.7. The predicted octanol–water partition coefficient (Wildman–Crippen LogP) is 7.18. The second-order valence-electron chi connectivity index (χ2n) is 7.38. The summed E-state index contributed by atoms with van der Waals surface area (Å²) in [5.41, 5.74) is 0. The molecule has 0 unspecified atom stereocenters. The van der Waals surface area contributed by atoms with E-state index < -0.39 is 16.6 Å². The van der Waals surface area contributed by atoms with Crippen LogP contribution in [0.1, 0.15) is 80.1 Å². The first-order chi connectivity index (χ1) is 12.1. The zero-order chi connectivity index (χ0) is 19.0. The van der Waals surface area contributed by atoms with Crippen molar-refractivity contribution in [3.63, 3.8) is 0 Å². The van der Waals surface area contributed by atoms with Gasteiger partial charge in [-0.25, -0.2) is 0 Å². The minimum atomic E-state index is -1.53. The Kier molecular flexibility index (Phi) is 16.2. The van der Waals surface area contributed by atoms with Crippen molar-refractivity contribution in [1.82, 2.24) is 0 Å². The minimum absolute atomic E-state index is 0.986. The fraction of sp³-hybridized carbons (Fsp3) is 1.00. The number of hydrogen-bond acceptors (Lipinski definition) is 3. The Morgan fingerprint density at radius 3 is 1.20 bits per heavy atom. The topological polar surface area (TPSA) is 18.5 Å². The van der Waals surface area contributed by atoms with Crippen LogP contribution in [-0.2, 0) is 8.85 Å². The summed E-state index contributed by atoms with van der Waals surface area (Å²) in [5.74, 6) is 0. The standard InChI is InChI=1S/C20H46O2SSi2/c1-7-13-15-17-21-24(9-3,10-4)19-23-20-25(11-5,12-6)22-18-16-14-8-2/h7-20H2,1-6H3. The van der Waals surface area contributed by atoms with Crippen molar-refractivity contribution in [2.24, 2.45) is 0 Å². The smallest absolute Gasteiger partial charge is 0.201 e. The van der Waals surface area contributed by atoms with Crippen LogP contribution in [-0.4, -0.2) is 40.6 Å². The van der Waals surface area contributed by atoms with Gasteiger partial charge >= 0.3 is 0 Å². The van der Waals surface area contributed by atoms with Crippen molar-refractivity contribution in [2.45, 2.75) is 104 Å². The van der Waals surface area contributed by atoms with Gasteiger partial charge in [-0.15, -0.1) is 0 Å². The van der Waals surface area contributed by atoms with Crippen molar-refractivity contribution in [3.8, 4) is 0 Å². The average molecular weight is 407 g/mol. The molecule has 25 heavy (non-hydrogen) atoms. The van der Waals surface area contributed by atoms with Crippen LogP contribution in [0.25, 0.3) is 0 Å². The Morgan fingerprint density at radius 1 is 0.560 bits per heavy atom. The van der Waals surface area contributed by atoms with Crippen LogP contribution in [0.3, 0.4) is 0 Å². The first-order valence-electron chi connectivity index (χ1n) is 10.9. The van der Waals surface area contributed by atoms with Crippen LogP contribution >= 0.6 is 11.8 Å². The van der Waals surface area contributed by atoms with Crippen molar-refractivity contribution in [2.75, 3.05) is 24.0 Å². The highest BCUT2D eigenvalue weighted by Gasteiger charge is 2.35. The van der Waals surface area contributed by atoms with Crippen molar-refractivity contribution in [3.05, 3.63) is 0 Å². The van der Waals surface area contributed by atoms with Crippen molar-refractivity contribution in [1.29, 1.82) is 0 Å². The zero-order valence-corrected chi connectivity index (χ0v) is 20.9. The predicted molar refractivity (Wildman–Crippen MR) is 122 cm³/mol. The van der Waals surface area contributed by atoms with Gasteiger partial charge in [-0.05, 0) is 37.0 Å². The molecule has 0 aliphatic heterocycles. The van der Waals surface area contributed by atoms with E-state index in [2.05, 4.69) is 53.3 Å². The fourth-order valence-electron chi connectivity index (χ4n) is 3.10. The lowest BCUT2D eigenvalue weighted by molar-refractivity contribution is 0.291. The Bertz CT molecular complexity index is 267. The van der Waals surface area contributed by atoms with Crippen LogP contribution in [0.15, 0.2) is 0 Å². The normalized spacial score (nSPS) is 12.7. The van der Waals surface area contributed by atoms with Crippen LogP contribution < -0.4 is 0 Å². The summed E-state index contributed by atoms with van der Waals surface area (Å²) < 4.78 is 13.0. The molecular formula is C20H46O2SSi2. The molecule has 0 saturated heterocycles. The van der Waals surface area contributed by atoms with Crippen LogP contribution in [0.5, 0.6) is 0 Å². The lowest BCUT2D eigenvalue weighted by atomic mass is 10.3. The van der Waals surface area contributed by atoms with E-state index in [4.69, 9.17) is 8.85 Å². The van der Waals surface area contributed by atoms with Gasteiger partial charge in [-0.2, -0.15) is 11.8 Å². The monoisotopic (exact) mass is 406 g/mol. The van der Waals surface area contributed by atoms with Gasteiger partial charge in [0.05, 0.1) is 0 Å². The molecule has 0 bridgehead atoms. The van der Waals surface area contributed by atoms with Gasteiger partial charge in [-0.3, -0.25) is 0 Å². The third-order valence-corrected chi connectivity index (χ3v) is 18.2. The Labute approximate surface area is 165 Å². The molecule has 0 aliphatic carbocycles. The van der Waals surface area contributed by atoms with E-state index in [0.29, 0.717) is 0 Å².